The van der Waals surface area contributed by atoms with Crippen molar-refractivity contribution >= 4 is 0 Å². The van der Waals surface area contributed by atoms with Crippen molar-refractivity contribution in [2.45, 2.75) is 64.9 Å². The van der Waals surface area contributed by atoms with Gasteiger partial charge in [0, 0.05) is 6.61 Å². The zero-order valence-corrected chi connectivity index (χ0v) is 17.0. The molecule has 1 saturated carbocycles. The van der Waals surface area contributed by atoms with Crippen LogP contribution in [-0.2, 0) is 11.3 Å². The van der Waals surface area contributed by atoms with E-state index in [9.17, 15) is 0 Å². The molecule has 1 heteroatoms. The van der Waals surface area contributed by atoms with Crippen LogP contribution in [0.25, 0.3) is 11.1 Å². The Morgan fingerprint density at radius 3 is 2.04 bits per heavy atom. The Labute approximate surface area is 165 Å². The molecule has 0 atom stereocenters. The molecular formula is C26H34O. The van der Waals surface area contributed by atoms with Gasteiger partial charge >= 0.3 is 0 Å². The molecule has 0 spiro atoms. The number of rotatable bonds is 8. The lowest BCUT2D eigenvalue weighted by Crippen LogP contribution is -2.12. The minimum absolute atomic E-state index is 0.701. The van der Waals surface area contributed by atoms with E-state index in [0.29, 0.717) is 6.61 Å². The first-order chi connectivity index (χ1) is 13.3. The summed E-state index contributed by atoms with van der Waals surface area (Å²) < 4.78 is 5.48. The van der Waals surface area contributed by atoms with Crippen molar-refractivity contribution in [3.05, 3.63) is 71.8 Å². The molecule has 1 aliphatic carbocycles. The summed E-state index contributed by atoms with van der Waals surface area (Å²) in [5, 5.41) is 0. The molecular weight excluding hydrogens is 328 g/mol. The Balaban J connectivity index is 1.55. The van der Waals surface area contributed by atoms with Crippen LogP contribution in [0.2, 0.25) is 0 Å². The SMILES string of the molecule is CC/C=C/CC1CCC(c2ccc(-c3ccc(COCC)cc3)cc2)CC1. The Morgan fingerprint density at radius 2 is 1.44 bits per heavy atom. The zero-order valence-electron chi connectivity index (χ0n) is 17.0. The molecule has 0 N–H and O–H groups in total. The maximum absolute atomic E-state index is 5.48. The van der Waals surface area contributed by atoms with Crippen LogP contribution in [0.15, 0.2) is 60.7 Å². The first kappa shape index (κ1) is 19.9. The van der Waals surface area contributed by atoms with Crippen LogP contribution in [0.5, 0.6) is 0 Å². The third kappa shape index (κ3) is 5.81. The molecule has 1 fully saturated rings. The second-order valence-corrected chi connectivity index (χ2v) is 7.79. The second kappa shape index (κ2) is 10.5. The van der Waals surface area contributed by atoms with Crippen molar-refractivity contribution in [1.82, 2.24) is 0 Å². The van der Waals surface area contributed by atoms with Gasteiger partial charge in [0.05, 0.1) is 6.61 Å². The number of hydrogen-bond donors (Lipinski definition) is 0. The maximum Gasteiger partial charge on any atom is 0.0716 e. The molecule has 27 heavy (non-hydrogen) atoms. The van der Waals surface area contributed by atoms with Crippen LogP contribution >= 0.6 is 0 Å². The number of hydrogen-bond acceptors (Lipinski definition) is 1. The first-order valence-electron chi connectivity index (χ1n) is 10.7. The van der Waals surface area contributed by atoms with E-state index in [1.807, 2.05) is 6.92 Å². The predicted molar refractivity (Wildman–Crippen MR) is 116 cm³/mol. The fraction of sp³-hybridized carbons (Fsp3) is 0.462. The maximum atomic E-state index is 5.48. The van der Waals surface area contributed by atoms with Crippen LogP contribution in [0, 0.1) is 5.92 Å². The van der Waals surface area contributed by atoms with Gasteiger partial charge in [0.1, 0.15) is 0 Å². The van der Waals surface area contributed by atoms with Gasteiger partial charge in [-0.1, -0.05) is 67.6 Å². The summed E-state index contributed by atoms with van der Waals surface area (Å²) in [6.45, 7) is 5.71. The molecule has 0 unspecified atom stereocenters. The summed E-state index contributed by atoms with van der Waals surface area (Å²) in [7, 11) is 0. The molecule has 144 valence electrons. The predicted octanol–water partition coefficient (Wildman–Crippen LogP) is 7.52. The van der Waals surface area contributed by atoms with E-state index < -0.39 is 0 Å². The Kier molecular flexibility index (Phi) is 7.71. The smallest absolute Gasteiger partial charge is 0.0716 e. The lowest BCUT2D eigenvalue weighted by molar-refractivity contribution is 0.134. The van der Waals surface area contributed by atoms with Crippen molar-refractivity contribution in [1.29, 1.82) is 0 Å². The lowest BCUT2D eigenvalue weighted by atomic mass is 9.77. The van der Waals surface area contributed by atoms with Crippen molar-refractivity contribution in [2.75, 3.05) is 6.61 Å². The van der Waals surface area contributed by atoms with Gasteiger partial charge in [0.25, 0.3) is 0 Å². The van der Waals surface area contributed by atoms with E-state index in [2.05, 4.69) is 67.6 Å². The Hall–Kier alpha value is -1.86. The molecule has 0 heterocycles. The van der Waals surface area contributed by atoms with E-state index in [1.54, 1.807) is 0 Å². The zero-order chi connectivity index (χ0) is 18.9. The topological polar surface area (TPSA) is 9.23 Å². The minimum atomic E-state index is 0.701. The number of benzene rings is 2. The highest BCUT2D eigenvalue weighted by atomic mass is 16.5. The fourth-order valence-corrected chi connectivity index (χ4v) is 4.15. The monoisotopic (exact) mass is 362 g/mol. The second-order valence-electron chi connectivity index (χ2n) is 7.79. The summed E-state index contributed by atoms with van der Waals surface area (Å²) >= 11 is 0. The highest BCUT2D eigenvalue weighted by Gasteiger charge is 2.21. The standard InChI is InChI=1S/C26H34O/c1-3-5-6-7-21-8-12-23(13-9-21)25-16-18-26(19-17-25)24-14-10-22(11-15-24)20-27-4-2/h5-6,10-11,14-19,21,23H,3-4,7-9,12-13,20H2,1-2H3/b6-5+. The largest absolute Gasteiger partial charge is 0.377 e. The minimum Gasteiger partial charge on any atom is -0.377 e. The van der Waals surface area contributed by atoms with Crippen LogP contribution in [0.1, 0.15) is 69.4 Å². The normalized spacial score (nSPS) is 20.2. The Bertz CT molecular complexity index is 688. The quantitative estimate of drug-likeness (QED) is 0.441. The Morgan fingerprint density at radius 1 is 0.815 bits per heavy atom. The van der Waals surface area contributed by atoms with Gasteiger partial charge in [0.15, 0.2) is 0 Å². The molecule has 1 aliphatic rings. The van der Waals surface area contributed by atoms with Crippen molar-refractivity contribution in [3.63, 3.8) is 0 Å². The third-order valence-electron chi connectivity index (χ3n) is 5.86. The van der Waals surface area contributed by atoms with Gasteiger partial charge in [-0.2, -0.15) is 0 Å². The summed E-state index contributed by atoms with van der Waals surface area (Å²) in [5.74, 6) is 1.65. The molecule has 0 saturated heterocycles. The van der Waals surface area contributed by atoms with Gasteiger partial charge in [-0.25, -0.2) is 0 Å². The van der Waals surface area contributed by atoms with Gasteiger partial charge in [0.2, 0.25) is 0 Å². The van der Waals surface area contributed by atoms with Gasteiger partial charge < -0.3 is 4.74 Å². The van der Waals surface area contributed by atoms with Gasteiger partial charge in [-0.3, -0.25) is 0 Å². The summed E-state index contributed by atoms with van der Waals surface area (Å²) in [4.78, 5) is 0. The molecule has 0 radical (unpaired) electrons. The van der Waals surface area contributed by atoms with E-state index in [-0.39, 0.29) is 0 Å². The van der Waals surface area contributed by atoms with Crippen LogP contribution in [0.4, 0.5) is 0 Å². The highest BCUT2D eigenvalue weighted by Crippen LogP contribution is 2.37. The third-order valence-corrected chi connectivity index (χ3v) is 5.86. The van der Waals surface area contributed by atoms with Crippen molar-refractivity contribution in [2.24, 2.45) is 5.92 Å². The number of allylic oxidation sites excluding steroid dienone is 2. The lowest BCUT2D eigenvalue weighted by Gasteiger charge is -2.28. The molecule has 3 rings (SSSR count). The molecule has 1 nitrogen and oxygen atoms in total. The molecule has 0 amide bonds. The summed E-state index contributed by atoms with van der Waals surface area (Å²) in [5.41, 5.74) is 5.35. The molecule has 0 aliphatic heterocycles. The summed E-state index contributed by atoms with van der Waals surface area (Å²) in [6.07, 6.45) is 12.6. The van der Waals surface area contributed by atoms with E-state index in [4.69, 9.17) is 4.74 Å². The van der Waals surface area contributed by atoms with Gasteiger partial charge in [-0.05, 0) is 79.5 Å². The van der Waals surface area contributed by atoms with E-state index in [0.717, 1.165) is 24.9 Å². The first-order valence-corrected chi connectivity index (χ1v) is 10.7. The van der Waals surface area contributed by atoms with E-state index >= 15 is 0 Å². The van der Waals surface area contributed by atoms with Crippen LogP contribution in [-0.4, -0.2) is 6.61 Å². The van der Waals surface area contributed by atoms with E-state index in [1.165, 1.54) is 54.4 Å². The van der Waals surface area contributed by atoms with Crippen molar-refractivity contribution in [3.8, 4) is 11.1 Å². The van der Waals surface area contributed by atoms with Crippen LogP contribution < -0.4 is 0 Å². The van der Waals surface area contributed by atoms with Gasteiger partial charge in [-0.15, -0.1) is 0 Å². The average Bonchev–Trinajstić information content (AvgIpc) is 2.73. The molecule has 0 aromatic heterocycles. The molecule has 2 aromatic carbocycles. The highest BCUT2D eigenvalue weighted by molar-refractivity contribution is 5.64. The fourth-order valence-electron chi connectivity index (χ4n) is 4.15. The average molecular weight is 363 g/mol. The van der Waals surface area contributed by atoms with Crippen molar-refractivity contribution < 1.29 is 4.74 Å². The molecule has 2 aromatic rings. The summed E-state index contributed by atoms with van der Waals surface area (Å²) in [6, 6.07) is 18.1. The number of ether oxygens (including phenoxy) is 1. The molecule has 0 bridgehead atoms. The van der Waals surface area contributed by atoms with Crippen LogP contribution in [0.3, 0.4) is 0 Å².